The summed E-state index contributed by atoms with van der Waals surface area (Å²) in [5.74, 6) is 1.32. The third-order valence-corrected chi connectivity index (χ3v) is 6.26. The van der Waals surface area contributed by atoms with E-state index in [1.54, 1.807) is 0 Å². The van der Waals surface area contributed by atoms with Crippen LogP contribution in [0.25, 0.3) is 22.3 Å². The number of aliphatic hydroxyl groups excluding tert-OH is 1. The van der Waals surface area contributed by atoms with E-state index < -0.39 is 6.10 Å². The molecule has 0 aliphatic carbocycles. The van der Waals surface area contributed by atoms with Crippen LogP contribution in [0.4, 0.5) is 5.82 Å². The predicted octanol–water partition coefficient (Wildman–Crippen LogP) is 4.02. The highest BCUT2D eigenvalue weighted by molar-refractivity contribution is 5.91. The van der Waals surface area contributed by atoms with Gasteiger partial charge in [0.1, 0.15) is 11.9 Å². The summed E-state index contributed by atoms with van der Waals surface area (Å²) in [7, 11) is 0. The van der Waals surface area contributed by atoms with Crippen molar-refractivity contribution in [2.24, 2.45) is 5.92 Å². The van der Waals surface area contributed by atoms with E-state index in [1.165, 1.54) is 5.56 Å². The van der Waals surface area contributed by atoms with E-state index >= 15 is 0 Å². The number of carbonyl (C=O) groups is 1. The molecular formula is C26H32N4O2. The Hall–Kier alpha value is -2.99. The number of hydrogen-bond acceptors (Lipinski definition) is 5. The minimum atomic E-state index is -0.959. The molecule has 2 aromatic carbocycles. The van der Waals surface area contributed by atoms with Crippen LogP contribution < -0.4 is 10.2 Å². The minimum Gasteiger partial charge on any atom is -0.383 e. The molecule has 2 heterocycles. The summed E-state index contributed by atoms with van der Waals surface area (Å²) in [5.41, 5.74) is 4.31. The number of anilines is 1. The van der Waals surface area contributed by atoms with Gasteiger partial charge in [-0.15, -0.1) is 0 Å². The highest BCUT2D eigenvalue weighted by Gasteiger charge is 2.26. The van der Waals surface area contributed by atoms with Crippen LogP contribution in [0.15, 0.2) is 42.5 Å². The zero-order chi connectivity index (χ0) is 22.8. The van der Waals surface area contributed by atoms with Crippen LogP contribution in [0, 0.1) is 19.8 Å². The van der Waals surface area contributed by atoms with Crippen LogP contribution in [0.1, 0.15) is 37.8 Å². The molecule has 1 aliphatic heterocycles. The number of hydrogen-bond donors (Lipinski definition) is 2. The standard InChI is InChI=1S/C26H32N4O2/c1-16(2)23(31)26(32)27-19-11-13-30(14-12-19)25-21-10-9-17(3)15-22(21)28-24(29-25)20-8-6-5-7-18(20)4/h5-10,15-16,19,23,31H,11-14H2,1-4H3,(H,27,32). The Balaban J connectivity index is 1.60. The monoisotopic (exact) mass is 432 g/mol. The average molecular weight is 433 g/mol. The first-order chi connectivity index (χ1) is 15.3. The van der Waals surface area contributed by atoms with Gasteiger partial charge in [0.15, 0.2) is 5.82 Å². The smallest absolute Gasteiger partial charge is 0.249 e. The van der Waals surface area contributed by atoms with Crippen LogP contribution in [0.5, 0.6) is 0 Å². The number of aryl methyl sites for hydroxylation is 2. The molecule has 6 nitrogen and oxygen atoms in total. The van der Waals surface area contributed by atoms with Gasteiger partial charge in [-0.2, -0.15) is 0 Å². The topological polar surface area (TPSA) is 78.4 Å². The normalized spacial score (nSPS) is 15.9. The third-order valence-electron chi connectivity index (χ3n) is 6.26. The van der Waals surface area contributed by atoms with E-state index in [-0.39, 0.29) is 17.9 Å². The maximum absolute atomic E-state index is 12.2. The second-order valence-corrected chi connectivity index (χ2v) is 9.17. The van der Waals surface area contributed by atoms with E-state index in [1.807, 2.05) is 26.0 Å². The lowest BCUT2D eigenvalue weighted by atomic mass is 10.0. The minimum absolute atomic E-state index is 0.0679. The van der Waals surface area contributed by atoms with Crippen molar-refractivity contribution in [3.05, 3.63) is 53.6 Å². The molecule has 0 radical (unpaired) electrons. The van der Waals surface area contributed by atoms with E-state index in [0.29, 0.717) is 0 Å². The Morgan fingerprint density at radius 1 is 1.09 bits per heavy atom. The highest BCUT2D eigenvalue weighted by atomic mass is 16.3. The summed E-state index contributed by atoms with van der Waals surface area (Å²) >= 11 is 0. The highest BCUT2D eigenvalue weighted by Crippen LogP contribution is 2.31. The van der Waals surface area contributed by atoms with Crippen molar-refractivity contribution < 1.29 is 9.90 Å². The average Bonchev–Trinajstić information content (AvgIpc) is 2.78. The number of aromatic nitrogens is 2. The van der Waals surface area contributed by atoms with Gasteiger partial charge in [-0.3, -0.25) is 4.79 Å². The molecule has 0 saturated carbocycles. The SMILES string of the molecule is Cc1ccc2c(N3CCC(NC(=O)C(O)C(C)C)CC3)nc(-c3ccccc3C)nc2c1. The van der Waals surface area contributed by atoms with Crippen molar-refractivity contribution >= 4 is 22.6 Å². The van der Waals surface area contributed by atoms with Crippen LogP contribution in [-0.2, 0) is 4.79 Å². The molecule has 32 heavy (non-hydrogen) atoms. The Bertz CT molecular complexity index is 1120. The molecule has 1 atom stereocenters. The van der Waals surface area contributed by atoms with Gasteiger partial charge in [0, 0.05) is 30.1 Å². The first-order valence-corrected chi connectivity index (χ1v) is 11.4. The second-order valence-electron chi connectivity index (χ2n) is 9.17. The molecule has 0 spiro atoms. The summed E-state index contributed by atoms with van der Waals surface area (Å²) in [6.45, 7) is 9.43. The van der Waals surface area contributed by atoms with Crippen LogP contribution in [0.3, 0.4) is 0 Å². The molecular weight excluding hydrogens is 400 g/mol. The summed E-state index contributed by atoms with van der Waals surface area (Å²) in [5, 5.41) is 14.1. The molecule has 1 aliphatic rings. The zero-order valence-electron chi connectivity index (χ0n) is 19.3. The molecule has 3 aromatic rings. The van der Waals surface area contributed by atoms with E-state index in [0.717, 1.165) is 59.6 Å². The zero-order valence-corrected chi connectivity index (χ0v) is 19.3. The summed E-state index contributed by atoms with van der Waals surface area (Å²) in [6.07, 6.45) is 0.667. The molecule has 0 bridgehead atoms. The second kappa shape index (κ2) is 9.25. The Morgan fingerprint density at radius 2 is 1.81 bits per heavy atom. The largest absolute Gasteiger partial charge is 0.383 e. The number of nitrogens with one attached hydrogen (secondary N) is 1. The van der Waals surface area contributed by atoms with Gasteiger partial charge in [-0.1, -0.05) is 44.2 Å². The fourth-order valence-electron chi connectivity index (χ4n) is 4.23. The summed E-state index contributed by atoms with van der Waals surface area (Å²) < 4.78 is 0. The number of rotatable bonds is 5. The number of fused-ring (bicyclic) bond motifs is 1. The molecule has 6 heteroatoms. The first-order valence-electron chi connectivity index (χ1n) is 11.4. The van der Waals surface area contributed by atoms with Crippen molar-refractivity contribution in [1.29, 1.82) is 0 Å². The lowest BCUT2D eigenvalue weighted by Gasteiger charge is -2.34. The number of amides is 1. The van der Waals surface area contributed by atoms with Gasteiger partial charge in [-0.25, -0.2) is 9.97 Å². The maximum atomic E-state index is 12.2. The fraction of sp³-hybridized carbons (Fsp3) is 0.423. The predicted molar refractivity (Wildman–Crippen MR) is 129 cm³/mol. The summed E-state index contributed by atoms with van der Waals surface area (Å²) in [6, 6.07) is 14.6. The number of piperidine rings is 1. The van der Waals surface area contributed by atoms with Crippen LogP contribution in [-0.4, -0.2) is 46.2 Å². The molecule has 1 fully saturated rings. The van der Waals surface area contributed by atoms with Crippen molar-refractivity contribution in [3.63, 3.8) is 0 Å². The van der Waals surface area contributed by atoms with E-state index in [9.17, 15) is 9.90 Å². The van der Waals surface area contributed by atoms with Gasteiger partial charge in [0.2, 0.25) is 5.91 Å². The van der Waals surface area contributed by atoms with Gasteiger partial charge >= 0.3 is 0 Å². The van der Waals surface area contributed by atoms with Crippen molar-refractivity contribution in [3.8, 4) is 11.4 Å². The fourth-order valence-corrected chi connectivity index (χ4v) is 4.23. The van der Waals surface area contributed by atoms with E-state index in [4.69, 9.17) is 9.97 Å². The van der Waals surface area contributed by atoms with Gasteiger partial charge in [0.25, 0.3) is 0 Å². The maximum Gasteiger partial charge on any atom is 0.249 e. The molecule has 4 rings (SSSR count). The Labute approximate surface area is 189 Å². The Morgan fingerprint density at radius 3 is 2.50 bits per heavy atom. The van der Waals surface area contributed by atoms with Crippen molar-refractivity contribution in [2.45, 2.75) is 52.7 Å². The van der Waals surface area contributed by atoms with Crippen LogP contribution >= 0.6 is 0 Å². The molecule has 168 valence electrons. The molecule has 1 saturated heterocycles. The quantitative estimate of drug-likeness (QED) is 0.637. The van der Waals surface area contributed by atoms with Gasteiger partial charge in [0.05, 0.1) is 5.52 Å². The summed E-state index contributed by atoms with van der Waals surface area (Å²) in [4.78, 5) is 24.4. The molecule has 1 amide bonds. The number of aliphatic hydroxyl groups is 1. The van der Waals surface area contributed by atoms with Crippen LogP contribution in [0.2, 0.25) is 0 Å². The van der Waals surface area contributed by atoms with Crippen molar-refractivity contribution in [1.82, 2.24) is 15.3 Å². The molecule has 2 N–H and O–H groups in total. The van der Waals surface area contributed by atoms with E-state index in [2.05, 4.69) is 54.4 Å². The van der Waals surface area contributed by atoms with Gasteiger partial charge < -0.3 is 15.3 Å². The number of benzene rings is 2. The third kappa shape index (κ3) is 4.60. The number of nitrogens with zero attached hydrogens (tertiary/aromatic N) is 3. The lowest BCUT2D eigenvalue weighted by Crippen LogP contribution is -2.48. The van der Waals surface area contributed by atoms with Crippen molar-refractivity contribution in [2.75, 3.05) is 18.0 Å². The number of carbonyl (C=O) groups excluding carboxylic acids is 1. The lowest BCUT2D eigenvalue weighted by molar-refractivity contribution is -0.132. The molecule has 1 aromatic heterocycles. The molecule has 1 unspecified atom stereocenters. The Kier molecular flexibility index (Phi) is 6.42. The first kappa shape index (κ1) is 22.2. The van der Waals surface area contributed by atoms with Gasteiger partial charge in [-0.05, 0) is 55.9 Å².